The SMILES string of the molecule is [C-]#[N+]C(=Cc1c(Cl)cccc1Cl)c1cc(N)n(CCO)n1.[C-]#[N+]C(=Cc1c(Cl)cccc1Cl)c1nn(CCO)c(N)c1C#N.[C-]#[N+]C(=Cc1c(Cl)cccc1Cl)c1nn(CCO)cc1C#N.[C-]#[N+]C(=Cc1ccccc1Cl)c1nn(CCO)c(N)c1C#N. The van der Waals surface area contributed by atoms with Gasteiger partial charge >= 0.3 is 0 Å². The third-order valence-electron chi connectivity index (χ3n) is 11.7. The standard InChI is InChI=1S/C15H11Cl2N5O.C15H10Cl2N4O.C15H12ClN5O.C14H12Cl2N4O/c1-20-13(7-9-11(16)3-2-4-12(9)17)14-10(8-18)15(19)22(21-14)5-6-23;1-19-14(7-11-12(16)3-2-4-13(11)17)15-10(8-18)9-21(20-15)5-6-22;1-19-13(8-10-4-2-3-5-12(10)16)14-11(9-17)15(18)21(20-14)6-7-22;1-18-12(7-9-10(15)3-2-4-11(9)16)13-8-14(17)20(19-13)5-6-21/h2-4,7,23H,5-6,19H2;2-4,7,9,22H,5-6H2;2-5,8,22H,6-7,18H2;2-4,7-8,21H,5-6,17H2. The van der Waals surface area contributed by atoms with Crippen molar-refractivity contribution in [2.45, 2.75) is 26.2 Å². The summed E-state index contributed by atoms with van der Waals surface area (Å²) in [6.45, 7) is 29.6. The van der Waals surface area contributed by atoms with Gasteiger partial charge in [-0.2, -0.15) is 36.2 Å². The Labute approximate surface area is 539 Å². The molecule has 4 aromatic heterocycles. The largest absolute Gasteiger partial charge is 0.394 e. The quantitative estimate of drug-likeness (QED) is 0.0443. The lowest BCUT2D eigenvalue weighted by atomic mass is 10.1. The van der Waals surface area contributed by atoms with E-state index in [1.807, 2.05) is 18.2 Å². The number of halogens is 7. The van der Waals surface area contributed by atoms with E-state index in [2.05, 4.69) is 39.8 Å². The van der Waals surface area contributed by atoms with Gasteiger partial charge in [0.2, 0.25) is 22.8 Å². The molecule has 0 bridgehead atoms. The first-order chi connectivity index (χ1) is 42.3. The molecule has 0 amide bonds. The Morgan fingerprint density at radius 1 is 0.466 bits per heavy atom. The minimum atomic E-state index is -0.191. The van der Waals surface area contributed by atoms with Crippen molar-refractivity contribution >= 4 is 146 Å². The van der Waals surface area contributed by atoms with Gasteiger partial charge in [-0.05, 0) is 78.4 Å². The van der Waals surface area contributed by atoms with Gasteiger partial charge in [0.1, 0.15) is 63.9 Å². The summed E-state index contributed by atoms with van der Waals surface area (Å²) in [6, 6.07) is 29.6. The molecular formula is C59H45Cl7N18O4. The lowest BCUT2D eigenvalue weighted by Gasteiger charge is -2.02. The van der Waals surface area contributed by atoms with Crippen LogP contribution < -0.4 is 17.2 Å². The van der Waals surface area contributed by atoms with Crippen molar-refractivity contribution in [3.8, 4) is 18.2 Å². The van der Waals surface area contributed by atoms with Crippen LogP contribution in [0.25, 0.3) is 66.5 Å². The Bertz CT molecular complexity index is 4240. The van der Waals surface area contributed by atoms with Crippen LogP contribution in [0, 0.1) is 60.3 Å². The molecule has 88 heavy (non-hydrogen) atoms. The number of nitrogen functional groups attached to an aromatic ring is 3. The average molecular weight is 1320 g/mol. The van der Waals surface area contributed by atoms with Gasteiger partial charge in [-0.15, -0.1) is 0 Å². The summed E-state index contributed by atoms with van der Waals surface area (Å²) < 4.78 is 5.43. The van der Waals surface area contributed by atoms with Gasteiger partial charge in [0.25, 0.3) is 0 Å². The molecule has 4 aromatic carbocycles. The van der Waals surface area contributed by atoms with Gasteiger partial charge in [-0.3, -0.25) is 4.68 Å². The van der Waals surface area contributed by atoms with Gasteiger partial charge < -0.3 is 37.6 Å². The van der Waals surface area contributed by atoms with E-state index >= 15 is 0 Å². The molecular weight excluding hydrogens is 1270 g/mol. The maximum Gasteiger partial charge on any atom is 0.216 e. The first kappa shape index (κ1) is 69.2. The molecule has 0 radical (unpaired) electrons. The maximum absolute atomic E-state index is 9.27. The molecule has 0 saturated carbocycles. The molecule has 444 valence electrons. The van der Waals surface area contributed by atoms with Crippen molar-refractivity contribution in [2.75, 3.05) is 43.6 Å². The topological polar surface area (TPSA) is 319 Å². The molecule has 0 aliphatic heterocycles. The van der Waals surface area contributed by atoms with E-state index in [4.69, 9.17) is 145 Å². The first-order valence-electron chi connectivity index (χ1n) is 25.0. The van der Waals surface area contributed by atoms with E-state index in [9.17, 15) is 15.8 Å². The summed E-state index contributed by atoms with van der Waals surface area (Å²) in [4.78, 5) is 13.7. The number of nitrogens with zero attached hydrogens (tertiary/aromatic N) is 15. The van der Waals surface area contributed by atoms with Crippen LogP contribution >= 0.6 is 81.2 Å². The van der Waals surface area contributed by atoms with E-state index in [1.165, 1.54) is 37.1 Å². The van der Waals surface area contributed by atoms with Crippen molar-refractivity contribution in [3.05, 3.63) is 234 Å². The fourth-order valence-electron chi connectivity index (χ4n) is 7.52. The highest BCUT2D eigenvalue weighted by atomic mass is 35.5. The molecule has 8 rings (SSSR count). The van der Waals surface area contributed by atoms with Crippen LogP contribution in [0.15, 0.2) is 91.1 Å². The Morgan fingerprint density at radius 2 is 0.841 bits per heavy atom. The zero-order chi connectivity index (χ0) is 64.6. The van der Waals surface area contributed by atoms with Gasteiger partial charge in [0.15, 0.2) is 0 Å². The second kappa shape index (κ2) is 33.9. The molecule has 0 aliphatic rings. The van der Waals surface area contributed by atoms with Crippen molar-refractivity contribution in [2.24, 2.45) is 0 Å². The highest BCUT2D eigenvalue weighted by molar-refractivity contribution is 6.39. The number of hydrogen-bond acceptors (Lipinski definition) is 14. The van der Waals surface area contributed by atoms with Gasteiger partial charge in [-0.1, -0.05) is 118 Å². The number of aromatic nitrogens is 8. The van der Waals surface area contributed by atoms with Crippen LogP contribution in [0.3, 0.4) is 0 Å². The molecule has 0 spiro atoms. The van der Waals surface area contributed by atoms with Crippen LogP contribution in [0.5, 0.6) is 0 Å². The van der Waals surface area contributed by atoms with E-state index in [-0.39, 0.29) is 121 Å². The number of aliphatic hydroxyl groups excluding tert-OH is 4. The fraction of sp³-hybridized carbons (Fsp3) is 0.136. The smallest absolute Gasteiger partial charge is 0.216 e. The monoisotopic (exact) mass is 1310 g/mol. The number of nitrogens with two attached hydrogens (primary N) is 3. The number of anilines is 3. The van der Waals surface area contributed by atoms with Crippen LogP contribution in [0.4, 0.5) is 17.5 Å². The number of rotatable bonds is 16. The second-order valence-electron chi connectivity index (χ2n) is 17.2. The van der Waals surface area contributed by atoms with Crippen molar-refractivity contribution in [1.29, 1.82) is 15.8 Å². The molecule has 0 saturated heterocycles. The predicted octanol–water partition coefficient (Wildman–Crippen LogP) is 12.1. The molecule has 0 atom stereocenters. The van der Waals surface area contributed by atoms with Gasteiger partial charge in [-0.25, -0.2) is 33.4 Å². The Morgan fingerprint density at radius 3 is 1.23 bits per heavy atom. The van der Waals surface area contributed by atoms with Crippen molar-refractivity contribution < 1.29 is 20.4 Å². The summed E-state index contributed by atoms with van der Waals surface area (Å²) in [7, 11) is 0. The predicted molar refractivity (Wildman–Crippen MR) is 343 cm³/mol. The Balaban J connectivity index is 0.000000214. The zero-order valence-corrected chi connectivity index (χ0v) is 50.8. The van der Waals surface area contributed by atoms with Gasteiger partial charge in [0.05, 0.1) is 90.2 Å². The van der Waals surface area contributed by atoms with Crippen LogP contribution in [0.1, 0.15) is 61.7 Å². The van der Waals surface area contributed by atoms with Crippen LogP contribution in [0.2, 0.25) is 35.2 Å². The van der Waals surface area contributed by atoms with E-state index in [1.54, 1.807) is 97.1 Å². The minimum Gasteiger partial charge on any atom is -0.394 e. The third kappa shape index (κ3) is 17.5. The fourth-order valence-corrected chi connectivity index (χ4v) is 9.23. The molecule has 22 nitrogen and oxygen atoms in total. The summed E-state index contributed by atoms with van der Waals surface area (Å²) >= 11 is 42.6. The Kier molecular flexibility index (Phi) is 26.6. The van der Waals surface area contributed by atoms with E-state index in [0.29, 0.717) is 68.9 Å². The Hall–Kier alpha value is -9.62. The van der Waals surface area contributed by atoms with E-state index < -0.39 is 0 Å². The molecule has 0 aliphatic carbocycles. The summed E-state index contributed by atoms with van der Waals surface area (Å²) in [6.07, 6.45) is 7.58. The normalized spacial score (nSPS) is 11.1. The molecule has 0 fully saturated rings. The molecule has 4 heterocycles. The van der Waals surface area contributed by atoms with Crippen molar-refractivity contribution in [3.63, 3.8) is 0 Å². The van der Waals surface area contributed by atoms with Crippen LogP contribution in [-0.2, 0) is 26.2 Å². The first-order valence-corrected chi connectivity index (χ1v) is 27.7. The lowest BCUT2D eigenvalue weighted by Crippen LogP contribution is -2.07. The highest BCUT2D eigenvalue weighted by Gasteiger charge is 2.22. The van der Waals surface area contributed by atoms with Crippen LogP contribution in [-0.4, -0.2) is 86.0 Å². The van der Waals surface area contributed by atoms with E-state index in [0.717, 1.165) is 0 Å². The number of benzene rings is 4. The minimum absolute atomic E-state index is 0.0730. The summed E-state index contributed by atoms with van der Waals surface area (Å²) in [5, 5.41) is 83.2. The zero-order valence-electron chi connectivity index (χ0n) is 45.5. The third-order valence-corrected chi connectivity index (χ3v) is 14.0. The number of hydrogen-bond donors (Lipinski definition) is 7. The van der Waals surface area contributed by atoms with Crippen molar-refractivity contribution in [1.82, 2.24) is 39.1 Å². The number of nitriles is 3. The lowest BCUT2D eigenvalue weighted by molar-refractivity contribution is 0.269. The maximum atomic E-state index is 9.27. The summed E-state index contributed by atoms with van der Waals surface area (Å²) in [5.74, 6) is 0.593. The molecule has 10 N–H and O–H groups in total. The summed E-state index contributed by atoms with van der Waals surface area (Å²) in [5.41, 5.74) is 21.7. The molecule has 29 heteroatoms. The molecule has 8 aromatic rings. The number of aliphatic hydroxyl groups is 4. The van der Waals surface area contributed by atoms with Gasteiger partial charge in [0, 0.05) is 58.0 Å². The second-order valence-corrected chi connectivity index (χ2v) is 20.1. The highest BCUT2D eigenvalue weighted by Crippen LogP contribution is 2.34. The molecule has 0 unspecified atom stereocenters. The average Bonchev–Trinajstić information content (AvgIpc) is 4.34.